The average Bonchev–Trinajstić information content (AvgIpc) is 2.58. The standard InChI is InChI=1S/C20H26N2O3/c1-20(2,3)16-8-5-14(6-9-16)12-21-19(24)22-13-15-7-10-17(23)18(11-15)25-4/h5-11,23H,12-13H2,1-4H3,(H2,21,22,24). The van der Waals surface area contributed by atoms with Gasteiger partial charge in [0.15, 0.2) is 11.5 Å². The molecule has 0 saturated carbocycles. The van der Waals surface area contributed by atoms with Crippen LogP contribution >= 0.6 is 0 Å². The summed E-state index contributed by atoms with van der Waals surface area (Å²) in [5, 5.41) is 15.2. The van der Waals surface area contributed by atoms with Crippen LogP contribution < -0.4 is 15.4 Å². The summed E-state index contributed by atoms with van der Waals surface area (Å²) in [5.74, 6) is 0.466. The van der Waals surface area contributed by atoms with Gasteiger partial charge < -0.3 is 20.5 Å². The van der Waals surface area contributed by atoms with Crippen LogP contribution in [-0.2, 0) is 18.5 Å². The van der Waals surface area contributed by atoms with Crippen molar-refractivity contribution in [2.45, 2.75) is 39.3 Å². The van der Waals surface area contributed by atoms with E-state index in [2.05, 4.69) is 43.5 Å². The van der Waals surface area contributed by atoms with Crippen molar-refractivity contribution in [3.05, 3.63) is 59.2 Å². The molecule has 0 heterocycles. The maximum atomic E-state index is 11.9. The molecule has 2 amide bonds. The molecule has 5 heteroatoms. The Kier molecular flexibility index (Phi) is 5.91. The van der Waals surface area contributed by atoms with Gasteiger partial charge in [-0.05, 0) is 34.2 Å². The van der Waals surface area contributed by atoms with E-state index in [0.717, 1.165) is 11.1 Å². The molecule has 2 aromatic rings. The van der Waals surface area contributed by atoms with Gasteiger partial charge in [0.1, 0.15) is 0 Å². The molecule has 0 aliphatic heterocycles. The summed E-state index contributed by atoms with van der Waals surface area (Å²) in [4.78, 5) is 11.9. The SMILES string of the molecule is COc1cc(CNC(=O)NCc2ccc(C(C)(C)C)cc2)ccc1O. The zero-order chi connectivity index (χ0) is 18.4. The first-order valence-electron chi connectivity index (χ1n) is 8.26. The number of phenols is 1. The highest BCUT2D eigenvalue weighted by Gasteiger charge is 2.12. The monoisotopic (exact) mass is 342 g/mol. The fourth-order valence-electron chi connectivity index (χ4n) is 2.38. The molecular formula is C20H26N2O3. The predicted molar refractivity (Wildman–Crippen MR) is 98.9 cm³/mol. The Morgan fingerprint density at radius 1 is 1.00 bits per heavy atom. The van der Waals surface area contributed by atoms with Crippen LogP contribution in [0, 0.1) is 0 Å². The number of carbonyl (C=O) groups excluding carboxylic acids is 1. The Morgan fingerprint density at radius 2 is 1.56 bits per heavy atom. The smallest absolute Gasteiger partial charge is 0.315 e. The number of hydrogen-bond acceptors (Lipinski definition) is 3. The molecule has 0 fully saturated rings. The van der Waals surface area contributed by atoms with Crippen LogP contribution in [0.15, 0.2) is 42.5 Å². The van der Waals surface area contributed by atoms with E-state index in [1.165, 1.54) is 12.7 Å². The Hall–Kier alpha value is -2.69. The predicted octanol–water partition coefficient (Wildman–Crippen LogP) is 3.70. The van der Waals surface area contributed by atoms with Crippen molar-refractivity contribution in [1.29, 1.82) is 0 Å². The summed E-state index contributed by atoms with van der Waals surface area (Å²) in [7, 11) is 1.49. The van der Waals surface area contributed by atoms with Crippen LogP contribution in [0.3, 0.4) is 0 Å². The summed E-state index contributed by atoms with van der Waals surface area (Å²) in [6, 6.07) is 13.0. The molecular weight excluding hydrogens is 316 g/mol. The van der Waals surface area contributed by atoms with Gasteiger partial charge in [0.05, 0.1) is 7.11 Å². The highest BCUT2D eigenvalue weighted by atomic mass is 16.5. The molecule has 0 spiro atoms. The third-order valence-corrected chi connectivity index (χ3v) is 3.97. The van der Waals surface area contributed by atoms with Gasteiger partial charge in [0.2, 0.25) is 0 Å². The van der Waals surface area contributed by atoms with E-state index in [1.807, 2.05) is 12.1 Å². The van der Waals surface area contributed by atoms with Gasteiger partial charge in [0, 0.05) is 13.1 Å². The third-order valence-electron chi connectivity index (χ3n) is 3.97. The number of ether oxygens (including phenoxy) is 1. The van der Waals surface area contributed by atoms with E-state index in [9.17, 15) is 9.90 Å². The van der Waals surface area contributed by atoms with Crippen molar-refractivity contribution >= 4 is 6.03 Å². The average molecular weight is 342 g/mol. The summed E-state index contributed by atoms with van der Waals surface area (Å²) in [6.07, 6.45) is 0. The third kappa shape index (κ3) is 5.41. The van der Waals surface area contributed by atoms with Gasteiger partial charge in [-0.25, -0.2) is 4.79 Å². The first kappa shape index (κ1) is 18.6. The van der Waals surface area contributed by atoms with Crippen molar-refractivity contribution in [3.63, 3.8) is 0 Å². The number of nitrogens with one attached hydrogen (secondary N) is 2. The summed E-state index contributed by atoms with van der Waals surface area (Å²) >= 11 is 0. The minimum absolute atomic E-state index is 0.0782. The lowest BCUT2D eigenvalue weighted by Gasteiger charge is -2.19. The number of urea groups is 1. The van der Waals surface area contributed by atoms with Crippen LogP contribution in [0.5, 0.6) is 11.5 Å². The van der Waals surface area contributed by atoms with Crippen LogP contribution in [0.2, 0.25) is 0 Å². The van der Waals surface area contributed by atoms with Crippen LogP contribution in [0.1, 0.15) is 37.5 Å². The number of rotatable bonds is 5. The van der Waals surface area contributed by atoms with Crippen molar-refractivity contribution in [3.8, 4) is 11.5 Å². The summed E-state index contributed by atoms with van der Waals surface area (Å²) < 4.78 is 5.05. The fourth-order valence-corrected chi connectivity index (χ4v) is 2.38. The molecule has 0 saturated heterocycles. The van der Waals surface area contributed by atoms with Crippen LogP contribution in [-0.4, -0.2) is 18.2 Å². The van der Waals surface area contributed by atoms with Crippen LogP contribution in [0.4, 0.5) is 4.79 Å². The molecule has 3 N–H and O–H groups in total. The first-order valence-corrected chi connectivity index (χ1v) is 8.26. The van der Waals surface area contributed by atoms with Gasteiger partial charge in [0.25, 0.3) is 0 Å². The molecule has 134 valence electrons. The van der Waals surface area contributed by atoms with E-state index in [4.69, 9.17) is 4.74 Å². The first-order chi connectivity index (χ1) is 11.8. The number of hydrogen-bond donors (Lipinski definition) is 3. The van der Waals surface area contributed by atoms with Gasteiger partial charge >= 0.3 is 6.03 Å². The zero-order valence-electron chi connectivity index (χ0n) is 15.2. The molecule has 0 atom stereocenters. The second kappa shape index (κ2) is 7.92. The number of phenolic OH excluding ortho intramolecular Hbond substituents is 1. The highest BCUT2D eigenvalue weighted by Crippen LogP contribution is 2.26. The Morgan fingerprint density at radius 3 is 2.12 bits per heavy atom. The van der Waals surface area contributed by atoms with E-state index >= 15 is 0 Å². The maximum Gasteiger partial charge on any atom is 0.315 e. The van der Waals surface area contributed by atoms with Gasteiger partial charge in [-0.1, -0.05) is 51.1 Å². The number of amides is 2. The number of carbonyl (C=O) groups is 1. The molecule has 5 nitrogen and oxygen atoms in total. The topological polar surface area (TPSA) is 70.6 Å². The molecule has 0 aromatic heterocycles. The Balaban J connectivity index is 1.83. The van der Waals surface area contributed by atoms with E-state index in [1.54, 1.807) is 18.2 Å². The number of methoxy groups -OCH3 is 1. The lowest BCUT2D eigenvalue weighted by Crippen LogP contribution is -2.34. The minimum Gasteiger partial charge on any atom is -0.504 e. The van der Waals surface area contributed by atoms with E-state index < -0.39 is 0 Å². The van der Waals surface area contributed by atoms with Crippen molar-refractivity contribution in [1.82, 2.24) is 10.6 Å². The molecule has 0 aliphatic rings. The maximum absolute atomic E-state index is 11.9. The van der Waals surface area contributed by atoms with Crippen molar-refractivity contribution in [2.75, 3.05) is 7.11 Å². The number of aromatic hydroxyl groups is 1. The van der Waals surface area contributed by atoms with Gasteiger partial charge in [-0.15, -0.1) is 0 Å². The Bertz CT molecular complexity index is 719. The summed E-state index contributed by atoms with van der Waals surface area (Å²) in [5.41, 5.74) is 3.28. The molecule has 0 aliphatic carbocycles. The second-order valence-electron chi connectivity index (χ2n) is 6.99. The van der Waals surface area contributed by atoms with Crippen molar-refractivity contribution in [2.24, 2.45) is 0 Å². The number of benzene rings is 2. The highest BCUT2D eigenvalue weighted by molar-refractivity contribution is 5.73. The van der Waals surface area contributed by atoms with Crippen molar-refractivity contribution < 1.29 is 14.6 Å². The summed E-state index contributed by atoms with van der Waals surface area (Å²) in [6.45, 7) is 7.34. The molecule has 0 unspecified atom stereocenters. The fraction of sp³-hybridized carbons (Fsp3) is 0.350. The van der Waals surface area contributed by atoms with Crippen LogP contribution in [0.25, 0.3) is 0 Å². The molecule has 0 radical (unpaired) electrons. The normalized spacial score (nSPS) is 11.0. The largest absolute Gasteiger partial charge is 0.504 e. The molecule has 2 rings (SSSR count). The molecule has 2 aromatic carbocycles. The van der Waals surface area contributed by atoms with E-state index in [-0.39, 0.29) is 17.2 Å². The lowest BCUT2D eigenvalue weighted by molar-refractivity contribution is 0.240. The zero-order valence-corrected chi connectivity index (χ0v) is 15.2. The van der Waals surface area contributed by atoms with E-state index in [0.29, 0.717) is 18.8 Å². The molecule has 0 bridgehead atoms. The second-order valence-corrected chi connectivity index (χ2v) is 6.99. The van der Waals surface area contributed by atoms with Gasteiger partial charge in [-0.3, -0.25) is 0 Å². The molecule has 25 heavy (non-hydrogen) atoms. The quantitative estimate of drug-likeness (QED) is 0.776. The lowest BCUT2D eigenvalue weighted by atomic mass is 9.87. The van der Waals surface area contributed by atoms with Gasteiger partial charge in [-0.2, -0.15) is 0 Å². The Labute approximate surface area is 149 Å². The minimum atomic E-state index is -0.244.